The predicted molar refractivity (Wildman–Crippen MR) is 131 cm³/mol. The third-order valence-corrected chi connectivity index (χ3v) is 5.16. The van der Waals surface area contributed by atoms with Gasteiger partial charge in [0.15, 0.2) is 0 Å². The zero-order valence-electron chi connectivity index (χ0n) is 18.2. The second-order valence-electron chi connectivity index (χ2n) is 7.65. The number of benzene rings is 3. The zero-order valence-corrected chi connectivity index (χ0v) is 18.2. The summed E-state index contributed by atoms with van der Waals surface area (Å²) in [7, 11) is 1.88. The fourth-order valence-corrected chi connectivity index (χ4v) is 3.54. The highest BCUT2D eigenvalue weighted by Gasteiger charge is 2.09. The van der Waals surface area contributed by atoms with Gasteiger partial charge in [-0.05, 0) is 60.2 Å². The van der Waals surface area contributed by atoms with Gasteiger partial charge in [0.1, 0.15) is 18.0 Å². The van der Waals surface area contributed by atoms with Crippen molar-refractivity contribution in [2.45, 2.75) is 0 Å². The third-order valence-electron chi connectivity index (χ3n) is 5.16. The molecule has 0 unspecified atom stereocenters. The monoisotopic (exact) mass is 453 g/mol. The lowest BCUT2D eigenvalue weighted by Gasteiger charge is -2.12. The minimum atomic E-state index is -0.433. The van der Waals surface area contributed by atoms with Crippen LogP contribution in [-0.4, -0.2) is 25.8 Å². The fourth-order valence-electron chi connectivity index (χ4n) is 3.54. The molecule has 0 fully saturated rings. The number of nitrogens with zero attached hydrogens (tertiary/aromatic N) is 4. The van der Waals surface area contributed by atoms with Crippen molar-refractivity contribution in [2.75, 3.05) is 16.0 Å². The van der Waals surface area contributed by atoms with Gasteiger partial charge in [0.2, 0.25) is 0 Å². The van der Waals surface area contributed by atoms with Crippen LogP contribution in [0.25, 0.3) is 22.0 Å². The van der Waals surface area contributed by atoms with E-state index in [1.54, 1.807) is 16.8 Å². The van der Waals surface area contributed by atoms with E-state index in [9.17, 15) is 9.18 Å². The van der Waals surface area contributed by atoms with Crippen molar-refractivity contribution < 1.29 is 9.18 Å². The van der Waals surface area contributed by atoms with Gasteiger partial charge in [0.05, 0.1) is 11.7 Å². The second kappa shape index (κ2) is 8.99. The Morgan fingerprint density at radius 2 is 1.68 bits per heavy atom. The van der Waals surface area contributed by atoms with Crippen molar-refractivity contribution in [2.24, 2.45) is 7.05 Å². The second-order valence-corrected chi connectivity index (χ2v) is 7.65. The molecule has 2 heterocycles. The van der Waals surface area contributed by atoms with Crippen LogP contribution in [0.5, 0.6) is 0 Å². The van der Waals surface area contributed by atoms with Crippen LogP contribution < -0.4 is 16.0 Å². The van der Waals surface area contributed by atoms with E-state index < -0.39 is 6.03 Å². The molecule has 5 aromatic rings. The average Bonchev–Trinajstić information content (AvgIpc) is 3.27. The number of hydrogen-bond acceptors (Lipinski definition) is 5. The maximum Gasteiger partial charge on any atom is 0.323 e. The van der Waals surface area contributed by atoms with Gasteiger partial charge in [-0.1, -0.05) is 12.1 Å². The van der Waals surface area contributed by atoms with Gasteiger partial charge in [0.25, 0.3) is 0 Å². The lowest BCUT2D eigenvalue weighted by Crippen LogP contribution is -2.19. The van der Waals surface area contributed by atoms with Crippen LogP contribution in [0, 0.1) is 5.82 Å². The quantitative estimate of drug-likeness (QED) is 0.324. The third kappa shape index (κ3) is 4.68. The van der Waals surface area contributed by atoms with Gasteiger partial charge in [0, 0.05) is 41.3 Å². The van der Waals surface area contributed by atoms with Crippen LogP contribution in [0.3, 0.4) is 0 Å². The van der Waals surface area contributed by atoms with Gasteiger partial charge in [-0.25, -0.2) is 19.2 Å². The van der Waals surface area contributed by atoms with E-state index in [0.717, 1.165) is 27.7 Å². The molecule has 2 amide bonds. The fraction of sp³-hybridized carbons (Fsp3) is 0.0400. The van der Waals surface area contributed by atoms with E-state index in [2.05, 4.69) is 31.0 Å². The molecular formula is C25H20FN7O. The van der Waals surface area contributed by atoms with E-state index in [-0.39, 0.29) is 5.82 Å². The molecule has 2 aromatic heterocycles. The molecule has 9 heteroatoms. The normalized spacial score (nSPS) is 10.8. The molecular weight excluding hydrogens is 433 g/mol. The minimum Gasteiger partial charge on any atom is -0.340 e. The summed E-state index contributed by atoms with van der Waals surface area (Å²) in [4.78, 5) is 21.1. The largest absolute Gasteiger partial charge is 0.340 e. The SMILES string of the molecule is Cn1cc(-c2ccc3ncnc(Nc4cccc(NC(=O)Nc5ccc(F)cc5)c4)c3c2)cn1. The Morgan fingerprint density at radius 1 is 0.882 bits per heavy atom. The number of nitrogens with one attached hydrogen (secondary N) is 3. The molecule has 0 radical (unpaired) electrons. The number of carbonyl (C=O) groups excluding carboxylic acids is 1. The Hall–Kier alpha value is -4.79. The molecule has 8 nitrogen and oxygen atoms in total. The maximum atomic E-state index is 13.1. The first-order valence-corrected chi connectivity index (χ1v) is 10.5. The van der Waals surface area contributed by atoms with E-state index in [1.807, 2.05) is 49.8 Å². The summed E-state index contributed by atoms with van der Waals surface area (Å²) in [6, 6.07) is 18.4. The number of aromatic nitrogens is 4. The molecule has 0 atom stereocenters. The van der Waals surface area contributed by atoms with E-state index in [1.165, 1.54) is 30.6 Å². The van der Waals surface area contributed by atoms with E-state index in [4.69, 9.17) is 0 Å². The number of amides is 2. The van der Waals surface area contributed by atoms with Crippen molar-refractivity contribution in [1.82, 2.24) is 19.7 Å². The summed E-state index contributed by atoms with van der Waals surface area (Å²) >= 11 is 0. The van der Waals surface area contributed by atoms with Crippen LogP contribution in [0.2, 0.25) is 0 Å². The van der Waals surface area contributed by atoms with Crippen molar-refractivity contribution in [1.29, 1.82) is 0 Å². The maximum absolute atomic E-state index is 13.1. The van der Waals surface area contributed by atoms with Crippen molar-refractivity contribution in [3.05, 3.63) is 91.3 Å². The number of urea groups is 1. The minimum absolute atomic E-state index is 0.366. The molecule has 0 aliphatic heterocycles. The Labute approximate surface area is 194 Å². The van der Waals surface area contributed by atoms with Crippen LogP contribution in [0.4, 0.5) is 32.1 Å². The van der Waals surface area contributed by atoms with Gasteiger partial charge in [-0.3, -0.25) is 4.68 Å². The number of fused-ring (bicyclic) bond motifs is 1. The molecule has 3 N–H and O–H groups in total. The molecule has 3 aromatic carbocycles. The van der Waals surface area contributed by atoms with E-state index >= 15 is 0 Å². The summed E-state index contributed by atoms with van der Waals surface area (Å²) in [5, 5.41) is 13.9. The summed E-state index contributed by atoms with van der Waals surface area (Å²) in [5.74, 6) is 0.276. The van der Waals surface area contributed by atoms with Crippen molar-refractivity contribution in [3.8, 4) is 11.1 Å². The van der Waals surface area contributed by atoms with Crippen LogP contribution in [0.15, 0.2) is 85.5 Å². The Balaban J connectivity index is 1.36. The summed E-state index contributed by atoms with van der Waals surface area (Å²) in [6.07, 6.45) is 5.26. The number of aryl methyl sites for hydroxylation is 1. The first-order chi connectivity index (χ1) is 16.5. The predicted octanol–water partition coefficient (Wildman–Crippen LogP) is 5.56. The first-order valence-electron chi connectivity index (χ1n) is 10.5. The molecule has 5 rings (SSSR count). The highest BCUT2D eigenvalue weighted by Crippen LogP contribution is 2.29. The van der Waals surface area contributed by atoms with Crippen molar-refractivity contribution >= 4 is 39.8 Å². The number of hydrogen-bond donors (Lipinski definition) is 3. The van der Waals surface area contributed by atoms with Gasteiger partial charge < -0.3 is 16.0 Å². The molecule has 0 saturated carbocycles. The molecule has 0 aliphatic carbocycles. The van der Waals surface area contributed by atoms with Gasteiger partial charge in [-0.15, -0.1) is 0 Å². The number of rotatable bonds is 5. The summed E-state index contributed by atoms with van der Waals surface area (Å²) < 4.78 is 14.8. The Morgan fingerprint density at radius 3 is 2.47 bits per heavy atom. The van der Waals surface area contributed by atoms with Crippen LogP contribution in [-0.2, 0) is 7.05 Å². The van der Waals surface area contributed by atoms with Crippen LogP contribution >= 0.6 is 0 Å². The smallest absolute Gasteiger partial charge is 0.323 e. The highest BCUT2D eigenvalue weighted by molar-refractivity contribution is 6.00. The first kappa shape index (κ1) is 21.1. The summed E-state index contributed by atoms with van der Waals surface area (Å²) in [5.41, 5.74) is 4.62. The number of anilines is 4. The molecule has 168 valence electrons. The van der Waals surface area contributed by atoms with Gasteiger partial charge in [-0.2, -0.15) is 5.10 Å². The van der Waals surface area contributed by atoms with E-state index in [0.29, 0.717) is 17.2 Å². The number of carbonyl (C=O) groups is 1. The van der Waals surface area contributed by atoms with Crippen molar-refractivity contribution in [3.63, 3.8) is 0 Å². The van der Waals surface area contributed by atoms with Gasteiger partial charge >= 0.3 is 6.03 Å². The number of halogens is 1. The molecule has 0 bridgehead atoms. The van der Waals surface area contributed by atoms with Crippen LogP contribution in [0.1, 0.15) is 0 Å². The summed E-state index contributed by atoms with van der Waals surface area (Å²) in [6.45, 7) is 0. The standard InChI is InChI=1S/C25H20FN7O/c1-33-14-17(13-29-33)16-5-10-23-22(11-16)24(28-15-27-23)30-20-3-2-4-21(12-20)32-25(34)31-19-8-6-18(26)7-9-19/h2-15H,1H3,(H,27,28,30)(H2,31,32,34). The molecule has 0 spiro atoms. The zero-order chi connectivity index (χ0) is 23.5. The molecule has 34 heavy (non-hydrogen) atoms. The molecule has 0 saturated heterocycles. The average molecular weight is 453 g/mol. The Kier molecular flexibility index (Phi) is 5.57. The lowest BCUT2D eigenvalue weighted by atomic mass is 10.1. The highest BCUT2D eigenvalue weighted by atomic mass is 19.1. The Bertz CT molecular complexity index is 1480. The lowest BCUT2D eigenvalue weighted by molar-refractivity contribution is 0.262. The molecule has 0 aliphatic rings. The topological polar surface area (TPSA) is 96.8 Å².